The van der Waals surface area contributed by atoms with E-state index in [9.17, 15) is 5.11 Å². The molecule has 1 saturated carbocycles. The quantitative estimate of drug-likeness (QED) is 0.903. The number of hydrogen-bond acceptors (Lipinski definition) is 3. The van der Waals surface area contributed by atoms with Gasteiger partial charge in [0.05, 0.1) is 11.1 Å². The van der Waals surface area contributed by atoms with Gasteiger partial charge in [-0.1, -0.05) is 37.8 Å². The minimum Gasteiger partial charge on any atom is -0.454 e. The largest absolute Gasteiger partial charge is 0.454 e. The van der Waals surface area contributed by atoms with Crippen LogP contribution in [0.3, 0.4) is 0 Å². The number of benzene rings is 1. The Balaban J connectivity index is 1.74. The number of rotatable bonds is 3. The Kier molecular flexibility index (Phi) is 4.08. The SMILES string of the molecule is CCC1CCC(C(O)c2cc(Cl)c3c(c2)OCO3)CC1. The third-order valence-corrected chi connectivity index (χ3v) is 4.99. The molecular formula is C16H21ClO3. The van der Waals surface area contributed by atoms with Crippen molar-refractivity contribution < 1.29 is 14.6 Å². The first-order valence-electron chi connectivity index (χ1n) is 7.46. The van der Waals surface area contributed by atoms with Gasteiger partial charge in [-0.3, -0.25) is 0 Å². The van der Waals surface area contributed by atoms with Crippen molar-refractivity contribution in [1.82, 2.24) is 0 Å². The van der Waals surface area contributed by atoms with Crippen molar-refractivity contribution >= 4 is 11.6 Å². The molecule has 1 unspecified atom stereocenters. The molecule has 1 aliphatic carbocycles. The van der Waals surface area contributed by atoms with Crippen molar-refractivity contribution in [1.29, 1.82) is 0 Å². The summed E-state index contributed by atoms with van der Waals surface area (Å²) in [5.74, 6) is 2.40. The molecule has 1 N–H and O–H groups in total. The predicted octanol–water partition coefficient (Wildman–Crippen LogP) is 4.32. The molecule has 1 aromatic carbocycles. The molecule has 2 aliphatic rings. The number of ether oxygens (including phenoxy) is 2. The highest BCUT2D eigenvalue weighted by Gasteiger charge is 2.28. The van der Waals surface area contributed by atoms with Crippen LogP contribution in [0, 0.1) is 11.8 Å². The molecule has 1 aliphatic heterocycles. The Bertz CT molecular complexity index is 481. The van der Waals surface area contributed by atoms with Gasteiger partial charge in [-0.2, -0.15) is 0 Å². The van der Waals surface area contributed by atoms with Gasteiger partial charge in [-0.05, 0) is 42.4 Å². The maximum atomic E-state index is 10.6. The van der Waals surface area contributed by atoms with Crippen molar-refractivity contribution in [3.05, 3.63) is 22.7 Å². The van der Waals surface area contributed by atoms with Crippen molar-refractivity contribution in [2.75, 3.05) is 6.79 Å². The summed E-state index contributed by atoms with van der Waals surface area (Å²) in [6, 6.07) is 3.68. The van der Waals surface area contributed by atoms with Gasteiger partial charge < -0.3 is 14.6 Å². The summed E-state index contributed by atoms with van der Waals surface area (Å²) in [6.45, 7) is 2.45. The Morgan fingerprint density at radius 1 is 1.25 bits per heavy atom. The highest BCUT2D eigenvalue weighted by molar-refractivity contribution is 6.32. The Morgan fingerprint density at radius 3 is 2.70 bits per heavy atom. The number of aliphatic hydroxyl groups excluding tert-OH is 1. The van der Waals surface area contributed by atoms with Crippen LogP contribution in [-0.2, 0) is 0 Å². The van der Waals surface area contributed by atoms with E-state index in [0.717, 1.165) is 24.3 Å². The van der Waals surface area contributed by atoms with Crippen LogP contribution in [0.2, 0.25) is 5.02 Å². The molecule has 1 heterocycles. The molecule has 0 radical (unpaired) electrons. The van der Waals surface area contributed by atoms with E-state index in [1.54, 1.807) is 0 Å². The molecular weight excluding hydrogens is 276 g/mol. The zero-order valence-corrected chi connectivity index (χ0v) is 12.5. The fraction of sp³-hybridized carbons (Fsp3) is 0.625. The zero-order chi connectivity index (χ0) is 14.1. The molecule has 3 nitrogen and oxygen atoms in total. The van der Waals surface area contributed by atoms with E-state index in [-0.39, 0.29) is 6.79 Å². The van der Waals surface area contributed by atoms with Crippen molar-refractivity contribution in [3.8, 4) is 11.5 Å². The van der Waals surface area contributed by atoms with Crippen LogP contribution in [0.5, 0.6) is 11.5 Å². The summed E-state index contributed by atoms with van der Waals surface area (Å²) in [7, 11) is 0. The smallest absolute Gasteiger partial charge is 0.231 e. The summed E-state index contributed by atoms with van der Waals surface area (Å²) < 4.78 is 10.7. The van der Waals surface area contributed by atoms with Crippen LogP contribution in [0.15, 0.2) is 12.1 Å². The normalized spacial score (nSPS) is 26.6. The topological polar surface area (TPSA) is 38.7 Å². The molecule has 0 spiro atoms. The molecule has 1 atom stereocenters. The standard InChI is InChI=1S/C16H21ClO3/c1-2-10-3-5-11(6-4-10)15(18)12-7-13(17)16-14(8-12)19-9-20-16/h7-8,10-11,15,18H,2-6,9H2,1H3. The molecule has 1 aromatic rings. The maximum absolute atomic E-state index is 10.6. The number of aliphatic hydroxyl groups is 1. The van der Waals surface area contributed by atoms with Crippen molar-refractivity contribution in [2.45, 2.75) is 45.1 Å². The van der Waals surface area contributed by atoms with E-state index in [1.165, 1.54) is 19.3 Å². The van der Waals surface area contributed by atoms with Crippen LogP contribution in [0.4, 0.5) is 0 Å². The maximum Gasteiger partial charge on any atom is 0.231 e. The van der Waals surface area contributed by atoms with Crippen molar-refractivity contribution in [3.63, 3.8) is 0 Å². The van der Waals surface area contributed by atoms with Crippen LogP contribution in [-0.4, -0.2) is 11.9 Å². The highest BCUT2D eigenvalue weighted by Crippen LogP contribution is 2.44. The van der Waals surface area contributed by atoms with Crippen LogP contribution >= 0.6 is 11.6 Å². The fourth-order valence-corrected chi connectivity index (χ4v) is 3.62. The van der Waals surface area contributed by atoms with E-state index in [2.05, 4.69) is 6.92 Å². The summed E-state index contributed by atoms with van der Waals surface area (Å²) >= 11 is 6.19. The van der Waals surface area contributed by atoms with E-state index >= 15 is 0 Å². The predicted molar refractivity (Wildman–Crippen MR) is 78.3 cm³/mol. The monoisotopic (exact) mass is 296 g/mol. The van der Waals surface area contributed by atoms with E-state index in [0.29, 0.717) is 22.4 Å². The lowest BCUT2D eigenvalue weighted by molar-refractivity contribution is 0.0728. The Labute approximate surface area is 124 Å². The molecule has 1 fully saturated rings. The average molecular weight is 297 g/mol. The summed E-state index contributed by atoms with van der Waals surface area (Å²) in [6.07, 6.45) is 5.41. The average Bonchev–Trinajstić information content (AvgIpc) is 2.95. The van der Waals surface area contributed by atoms with Gasteiger partial charge in [-0.25, -0.2) is 0 Å². The van der Waals surface area contributed by atoms with Crippen molar-refractivity contribution in [2.24, 2.45) is 11.8 Å². The lowest BCUT2D eigenvalue weighted by Crippen LogP contribution is -2.20. The number of hydrogen-bond donors (Lipinski definition) is 1. The molecule has 110 valence electrons. The van der Waals surface area contributed by atoms with Gasteiger partial charge in [0.25, 0.3) is 0 Å². The van der Waals surface area contributed by atoms with Crippen LogP contribution in [0.1, 0.15) is 50.7 Å². The minimum absolute atomic E-state index is 0.205. The Morgan fingerprint density at radius 2 is 2.00 bits per heavy atom. The first kappa shape index (κ1) is 14.0. The van der Waals surface area contributed by atoms with Crippen LogP contribution in [0.25, 0.3) is 0 Å². The molecule has 0 aromatic heterocycles. The first-order chi connectivity index (χ1) is 9.69. The second-order valence-corrected chi connectivity index (χ2v) is 6.28. The van der Waals surface area contributed by atoms with E-state index in [4.69, 9.17) is 21.1 Å². The fourth-order valence-electron chi connectivity index (χ4n) is 3.34. The molecule has 4 heteroatoms. The molecule has 3 rings (SSSR count). The third kappa shape index (κ3) is 2.61. The second kappa shape index (κ2) is 5.82. The second-order valence-electron chi connectivity index (χ2n) is 5.87. The van der Waals surface area contributed by atoms with Gasteiger partial charge >= 0.3 is 0 Å². The van der Waals surface area contributed by atoms with E-state index in [1.807, 2.05) is 12.1 Å². The summed E-state index contributed by atoms with van der Waals surface area (Å²) in [5.41, 5.74) is 0.846. The van der Waals surface area contributed by atoms with E-state index < -0.39 is 6.10 Å². The highest BCUT2D eigenvalue weighted by atomic mass is 35.5. The minimum atomic E-state index is -0.459. The van der Waals surface area contributed by atoms with Gasteiger partial charge in [0.1, 0.15) is 0 Å². The van der Waals surface area contributed by atoms with Gasteiger partial charge in [0.2, 0.25) is 6.79 Å². The Hall–Kier alpha value is -0.930. The molecule has 0 saturated heterocycles. The molecule has 0 bridgehead atoms. The first-order valence-corrected chi connectivity index (χ1v) is 7.84. The molecule has 20 heavy (non-hydrogen) atoms. The summed E-state index contributed by atoms with van der Waals surface area (Å²) in [5, 5.41) is 11.1. The third-order valence-electron chi connectivity index (χ3n) is 4.71. The summed E-state index contributed by atoms with van der Waals surface area (Å²) in [4.78, 5) is 0. The lowest BCUT2D eigenvalue weighted by atomic mass is 9.77. The zero-order valence-electron chi connectivity index (χ0n) is 11.8. The number of fused-ring (bicyclic) bond motifs is 1. The van der Waals surface area contributed by atoms with Crippen LogP contribution < -0.4 is 9.47 Å². The van der Waals surface area contributed by atoms with Gasteiger partial charge in [-0.15, -0.1) is 0 Å². The van der Waals surface area contributed by atoms with Gasteiger partial charge in [0.15, 0.2) is 11.5 Å². The lowest BCUT2D eigenvalue weighted by Gasteiger charge is -2.31. The molecule has 0 amide bonds. The van der Waals surface area contributed by atoms with Gasteiger partial charge in [0, 0.05) is 0 Å². The number of halogens is 1.